The number of anilines is 1. The number of nitrogens with zero attached hydrogens (tertiary/aromatic N) is 3. The van der Waals surface area contributed by atoms with Crippen LogP contribution in [-0.2, 0) is 4.74 Å². The highest BCUT2D eigenvalue weighted by Crippen LogP contribution is 2.33. The van der Waals surface area contributed by atoms with Gasteiger partial charge in [0, 0.05) is 31.2 Å². The molecule has 1 aromatic heterocycles. The van der Waals surface area contributed by atoms with Gasteiger partial charge in [-0.15, -0.1) is 12.4 Å². The van der Waals surface area contributed by atoms with Gasteiger partial charge in [0.2, 0.25) is 0 Å². The van der Waals surface area contributed by atoms with E-state index in [1.807, 2.05) is 0 Å². The predicted molar refractivity (Wildman–Crippen MR) is 132 cm³/mol. The zero-order valence-electron chi connectivity index (χ0n) is 17.4. The van der Waals surface area contributed by atoms with Gasteiger partial charge in [-0.1, -0.05) is 40.6 Å². The van der Waals surface area contributed by atoms with E-state index in [9.17, 15) is 4.79 Å². The highest BCUT2D eigenvalue weighted by Gasteiger charge is 2.25. The van der Waals surface area contributed by atoms with Crippen molar-refractivity contribution in [3.05, 3.63) is 57.1 Å². The SMILES string of the molecule is Cc1ccc2sc(N(CCN3CCOCC3)C(=O)c3cc(Cl)ccc3Cl)nc2c1C.Cl. The van der Waals surface area contributed by atoms with Crippen LogP contribution < -0.4 is 4.90 Å². The second-order valence-corrected chi connectivity index (χ2v) is 9.24. The highest BCUT2D eigenvalue weighted by molar-refractivity contribution is 7.22. The van der Waals surface area contributed by atoms with Crippen molar-refractivity contribution in [3.63, 3.8) is 0 Å². The molecule has 1 fully saturated rings. The first-order chi connectivity index (χ1) is 14.4. The third-order valence-corrected chi connectivity index (χ3v) is 7.06. The van der Waals surface area contributed by atoms with E-state index in [0.29, 0.717) is 40.5 Å². The Morgan fingerprint density at radius 1 is 1.19 bits per heavy atom. The largest absolute Gasteiger partial charge is 0.379 e. The number of thiazole rings is 1. The van der Waals surface area contributed by atoms with Crippen molar-refractivity contribution in [2.75, 3.05) is 44.3 Å². The predicted octanol–water partition coefficient (Wildman–Crippen LogP) is 5.62. The molecule has 0 saturated carbocycles. The number of hydrogen-bond acceptors (Lipinski definition) is 5. The normalized spacial score (nSPS) is 14.5. The van der Waals surface area contributed by atoms with Gasteiger partial charge in [-0.3, -0.25) is 14.6 Å². The second kappa shape index (κ2) is 10.5. The molecule has 5 nitrogen and oxygen atoms in total. The van der Waals surface area contributed by atoms with Gasteiger partial charge in [0.25, 0.3) is 5.91 Å². The Morgan fingerprint density at radius 3 is 2.68 bits per heavy atom. The minimum Gasteiger partial charge on any atom is -0.379 e. The van der Waals surface area contributed by atoms with Crippen molar-refractivity contribution in [2.24, 2.45) is 0 Å². The van der Waals surface area contributed by atoms with Crippen LogP contribution in [0.3, 0.4) is 0 Å². The molecular weight excluding hydrogens is 477 g/mol. The number of rotatable bonds is 5. The standard InChI is InChI=1S/C22H23Cl2N3O2S.ClH/c1-14-3-6-19-20(15(14)2)25-22(30-19)27(8-7-26-9-11-29-12-10-26)21(28)17-13-16(23)4-5-18(17)24;/h3-6,13H,7-12H2,1-2H3;1H. The number of carbonyl (C=O) groups excluding carboxylic acids is 1. The summed E-state index contributed by atoms with van der Waals surface area (Å²) in [6, 6.07) is 9.12. The molecule has 9 heteroatoms. The molecule has 1 aliphatic rings. The number of morpholine rings is 1. The van der Waals surface area contributed by atoms with Gasteiger partial charge in [0.15, 0.2) is 5.13 Å². The Hall–Kier alpha value is -1.41. The molecular formula is C22H24Cl3N3O2S. The van der Waals surface area contributed by atoms with E-state index < -0.39 is 0 Å². The lowest BCUT2D eigenvalue weighted by Crippen LogP contribution is -2.43. The molecule has 166 valence electrons. The molecule has 2 aromatic carbocycles. The van der Waals surface area contributed by atoms with Crippen LogP contribution in [-0.4, -0.2) is 55.2 Å². The minimum absolute atomic E-state index is 0. The van der Waals surface area contributed by atoms with Crippen LogP contribution in [0.5, 0.6) is 0 Å². The molecule has 1 amide bonds. The fourth-order valence-corrected chi connectivity index (χ4v) is 4.91. The zero-order chi connectivity index (χ0) is 21.3. The van der Waals surface area contributed by atoms with Crippen LogP contribution in [0.25, 0.3) is 10.2 Å². The van der Waals surface area contributed by atoms with Crippen molar-refractivity contribution in [1.82, 2.24) is 9.88 Å². The summed E-state index contributed by atoms with van der Waals surface area (Å²) in [5.41, 5.74) is 3.65. The Balaban J connectivity index is 0.00000272. The number of amides is 1. The number of aryl methyl sites for hydroxylation is 2. The average molecular weight is 501 g/mol. The van der Waals surface area contributed by atoms with Crippen LogP contribution in [0, 0.1) is 13.8 Å². The molecule has 4 rings (SSSR count). The van der Waals surface area contributed by atoms with E-state index in [-0.39, 0.29) is 18.3 Å². The molecule has 0 spiro atoms. The second-order valence-electron chi connectivity index (χ2n) is 7.39. The monoisotopic (exact) mass is 499 g/mol. The highest BCUT2D eigenvalue weighted by atomic mass is 35.5. The smallest absolute Gasteiger partial charge is 0.261 e. The molecule has 2 heterocycles. The fourth-order valence-electron chi connectivity index (χ4n) is 3.49. The number of hydrogen-bond donors (Lipinski definition) is 0. The molecule has 0 aliphatic carbocycles. The molecule has 31 heavy (non-hydrogen) atoms. The molecule has 0 bridgehead atoms. The minimum atomic E-state index is -0.191. The summed E-state index contributed by atoms with van der Waals surface area (Å²) in [6.07, 6.45) is 0. The Morgan fingerprint density at radius 2 is 1.94 bits per heavy atom. The lowest BCUT2D eigenvalue weighted by atomic mass is 10.1. The molecule has 3 aromatic rings. The van der Waals surface area contributed by atoms with Gasteiger partial charge in [0.05, 0.1) is 34.0 Å². The third-order valence-electron chi connectivity index (χ3n) is 5.45. The quantitative estimate of drug-likeness (QED) is 0.456. The van der Waals surface area contributed by atoms with E-state index in [0.717, 1.165) is 35.4 Å². The number of carbonyl (C=O) groups is 1. The Labute approximate surface area is 202 Å². The molecule has 0 N–H and O–H groups in total. The summed E-state index contributed by atoms with van der Waals surface area (Å²) >= 11 is 14.0. The maximum absolute atomic E-state index is 13.5. The van der Waals surface area contributed by atoms with E-state index in [2.05, 4.69) is 30.9 Å². The fraction of sp³-hybridized carbons (Fsp3) is 0.364. The zero-order valence-corrected chi connectivity index (χ0v) is 20.5. The first-order valence-corrected chi connectivity index (χ1v) is 11.4. The van der Waals surface area contributed by atoms with Crippen molar-refractivity contribution < 1.29 is 9.53 Å². The molecule has 1 saturated heterocycles. The first-order valence-electron chi connectivity index (χ1n) is 9.88. The van der Waals surface area contributed by atoms with E-state index in [1.54, 1.807) is 23.1 Å². The summed E-state index contributed by atoms with van der Waals surface area (Å²) in [5.74, 6) is -0.191. The summed E-state index contributed by atoms with van der Waals surface area (Å²) in [4.78, 5) is 22.4. The summed E-state index contributed by atoms with van der Waals surface area (Å²) < 4.78 is 6.50. The van der Waals surface area contributed by atoms with Crippen LogP contribution >= 0.6 is 46.9 Å². The molecule has 0 radical (unpaired) electrons. The molecule has 0 unspecified atom stereocenters. The van der Waals surface area contributed by atoms with Gasteiger partial charge in [-0.05, 0) is 49.2 Å². The van der Waals surface area contributed by atoms with Crippen LogP contribution in [0.4, 0.5) is 5.13 Å². The van der Waals surface area contributed by atoms with Crippen LogP contribution in [0.15, 0.2) is 30.3 Å². The van der Waals surface area contributed by atoms with Gasteiger partial charge in [-0.25, -0.2) is 4.98 Å². The topological polar surface area (TPSA) is 45.7 Å². The van der Waals surface area contributed by atoms with E-state index in [1.165, 1.54) is 16.9 Å². The molecule has 1 aliphatic heterocycles. The van der Waals surface area contributed by atoms with Gasteiger partial charge < -0.3 is 4.74 Å². The van der Waals surface area contributed by atoms with E-state index >= 15 is 0 Å². The number of benzene rings is 2. The Kier molecular flexibility index (Phi) is 8.19. The lowest BCUT2D eigenvalue weighted by Gasteiger charge is -2.29. The number of fused-ring (bicyclic) bond motifs is 1. The average Bonchev–Trinajstić information content (AvgIpc) is 3.18. The maximum atomic E-state index is 13.5. The van der Waals surface area contributed by atoms with Crippen LogP contribution in [0.2, 0.25) is 10.0 Å². The summed E-state index contributed by atoms with van der Waals surface area (Å²) in [7, 11) is 0. The number of ether oxygens (including phenoxy) is 1. The van der Waals surface area contributed by atoms with Crippen molar-refractivity contribution >= 4 is 68.2 Å². The lowest BCUT2D eigenvalue weighted by molar-refractivity contribution is 0.0391. The maximum Gasteiger partial charge on any atom is 0.261 e. The van der Waals surface area contributed by atoms with Crippen molar-refractivity contribution in [2.45, 2.75) is 13.8 Å². The van der Waals surface area contributed by atoms with Crippen LogP contribution in [0.1, 0.15) is 21.5 Å². The summed E-state index contributed by atoms with van der Waals surface area (Å²) in [6.45, 7) is 8.54. The van der Waals surface area contributed by atoms with Gasteiger partial charge in [0.1, 0.15) is 0 Å². The molecule has 0 atom stereocenters. The number of halogens is 3. The number of aromatic nitrogens is 1. The van der Waals surface area contributed by atoms with E-state index in [4.69, 9.17) is 32.9 Å². The third kappa shape index (κ3) is 5.33. The summed E-state index contributed by atoms with van der Waals surface area (Å²) in [5, 5.41) is 1.54. The first kappa shape index (κ1) is 24.2. The van der Waals surface area contributed by atoms with Gasteiger partial charge in [-0.2, -0.15) is 0 Å². The van der Waals surface area contributed by atoms with Crippen molar-refractivity contribution in [3.8, 4) is 0 Å². The van der Waals surface area contributed by atoms with Gasteiger partial charge >= 0.3 is 0 Å². The van der Waals surface area contributed by atoms with Crippen molar-refractivity contribution in [1.29, 1.82) is 0 Å². The Bertz CT molecular complexity index is 1080.